The Morgan fingerprint density at radius 2 is 1.37 bits per heavy atom. The van der Waals surface area contributed by atoms with Gasteiger partial charge in [0.1, 0.15) is 12.8 Å². The van der Waals surface area contributed by atoms with E-state index >= 15 is 0 Å². The molecule has 0 unspecified atom stereocenters. The number of hydrogen-bond acceptors (Lipinski definition) is 2. The van der Waals surface area contributed by atoms with Gasteiger partial charge in [-0.25, -0.2) is 4.57 Å². The Morgan fingerprint density at radius 3 is 1.91 bits per heavy atom. The molecule has 0 radical (unpaired) electrons. The summed E-state index contributed by atoms with van der Waals surface area (Å²) in [5, 5.41) is 3.41. The second-order valence-electron chi connectivity index (χ2n) is 9.64. The molecule has 0 bridgehead atoms. The number of carbonyl (C=O) groups is 1. The van der Waals surface area contributed by atoms with Gasteiger partial charge in [-0.05, 0) is 30.2 Å². The van der Waals surface area contributed by atoms with Crippen molar-refractivity contribution in [3.8, 4) is 5.75 Å². The van der Waals surface area contributed by atoms with Gasteiger partial charge in [-0.2, -0.15) is 0 Å². The fourth-order valence-corrected chi connectivity index (χ4v) is 4.41. The van der Waals surface area contributed by atoms with Crippen molar-refractivity contribution >= 4 is 17.5 Å². The van der Waals surface area contributed by atoms with Crippen LogP contribution in [0.25, 0.3) is 0 Å². The molecule has 0 spiro atoms. The lowest BCUT2D eigenvalue weighted by Crippen LogP contribution is -2.27. The van der Waals surface area contributed by atoms with E-state index in [2.05, 4.69) is 12.2 Å². The summed E-state index contributed by atoms with van der Waals surface area (Å²) >= 11 is 6.37. The average molecular weight is 502 g/mol. The molecule has 1 aromatic carbocycles. The predicted molar refractivity (Wildman–Crippen MR) is 146 cm³/mol. The van der Waals surface area contributed by atoms with Gasteiger partial charge < -0.3 is 10.1 Å². The summed E-state index contributed by atoms with van der Waals surface area (Å²) in [6, 6.07) is 9.22. The van der Waals surface area contributed by atoms with Crippen molar-refractivity contribution in [2.45, 2.75) is 103 Å². The van der Waals surface area contributed by atoms with Gasteiger partial charge in [0.2, 0.25) is 0 Å². The topological polar surface area (TPSA) is 42.2 Å². The van der Waals surface area contributed by atoms with E-state index in [0.717, 1.165) is 12.0 Å². The highest BCUT2D eigenvalue weighted by Crippen LogP contribution is 2.26. The molecule has 194 valence electrons. The summed E-state index contributed by atoms with van der Waals surface area (Å²) < 4.78 is 7.81. The molecule has 1 aromatic heterocycles. The number of halogens is 1. The molecule has 0 saturated heterocycles. The smallest absolute Gasteiger partial charge is 0.251 e. The van der Waals surface area contributed by atoms with Gasteiger partial charge in [-0.3, -0.25) is 4.79 Å². The molecule has 0 aliphatic carbocycles. The van der Waals surface area contributed by atoms with Crippen LogP contribution in [0.4, 0.5) is 0 Å². The Labute approximate surface area is 218 Å². The first kappa shape index (κ1) is 29.2. The number of nitrogens with zero attached hydrogens (tertiary/aromatic N) is 1. The quantitative estimate of drug-likeness (QED) is 0.157. The standard InChI is InChI=1S/C30H45ClN2O2/c1-3-4-5-6-7-8-9-10-11-12-13-14-15-16-23-35-29-18-17-27(24-28(29)31)30(34)32-25-26-19-21-33(2)22-20-26/h17-22,24H,3-16,23,25H2,1-2H3/p+1. The molecule has 5 heteroatoms. The summed E-state index contributed by atoms with van der Waals surface area (Å²) in [6.45, 7) is 3.42. The van der Waals surface area contributed by atoms with Crippen LogP contribution in [0.5, 0.6) is 5.75 Å². The van der Waals surface area contributed by atoms with Gasteiger partial charge in [0.15, 0.2) is 12.4 Å². The molecular formula is C30H46ClN2O2+. The summed E-state index contributed by atoms with van der Waals surface area (Å²) in [6.07, 6.45) is 22.7. The lowest BCUT2D eigenvalue weighted by Gasteiger charge is -2.10. The van der Waals surface area contributed by atoms with Crippen LogP contribution in [-0.2, 0) is 13.6 Å². The van der Waals surface area contributed by atoms with E-state index in [1.165, 1.54) is 83.5 Å². The number of carbonyl (C=O) groups excluding carboxylic acids is 1. The van der Waals surface area contributed by atoms with Gasteiger partial charge in [0.25, 0.3) is 5.91 Å². The molecule has 0 atom stereocenters. The van der Waals surface area contributed by atoms with Crippen molar-refractivity contribution in [2.24, 2.45) is 7.05 Å². The molecule has 2 rings (SSSR count). The van der Waals surface area contributed by atoms with Crippen molar-refractivity contribution in [1.29, 1.82) is 0 Å². The van der Waals surface area contributed by atoms with Gasteiger partial charge in [-0.15, -0.1) is 0 Å². The van der Waals surface area contributed by atoms with E-state index in [1.807, 2.05) is 36.1 Å². The molecule has 1 N–H and O–H groups in total. The first-order valence-electron chi connectivity index (χ1n) is 13.7. The minimum absolute atomic E-state index is 0.140. The van der Waals surface area contributed by atoms with Crippen molar-refractivity contribution in [3.63, 3.8) is 0 Å². The highest BCUT2D eigenvalue weighted by Gasteiger charge is 2.10. The van der Waals surface area contributed by atoms with Crippen molar-refractivity contribution in [1.82, 2.24) is 5.32 Å². The van der Waals surface area contributed by atoms with Crippen LogP contribution in [0, 0.1) is 0 Å². The minimum atomic E-state index is -0.140. The third-order valence-corrected chi connectivity index (χ3v) is 6.75. The first-order chi connectivity index (χ1) is 17.1. The Morgan fingerprint density at radius 1 is 0.829 bits per heavy atom. The van der Waals surface area contributed by atoms with Gasteiger partial charge >= 0.3 is 0 Å². The predicted octanol–water partition coefficient (Wildman–Crippen LogP) is 7.95. The van der Waals surface area contributed by atoms with Crippen LogP contribution < -0.4 is 14.6 Å². The maximum absolute atomic E-state index is 12.4. The molecule has 1 amide bonds. The fraction of sp³-hybridized carbons (Fsp3) is 0.600. The van der Waals surface area contributed by atoms with Crippen molar-refractivity contribution in [2.75, 3.05) is 6.61 Å². The number of rotatable bonds is 19. The molecule has 4 nitrogen and oxygen atoms in total. The zero-order valence-electron chi connectivity index (χ0n) is 22.0. The third kappa shape index (κ3) is 13.0. The Kier molecular flexibility index (Phi) is 15.2. The monoisotopic (exact) mass is 501 g/mol. The minimum Gasteiger partial charge on any atom is -0.492 e. The van der Waals surface area contributed by atoms with Crippen molar-refractivity contribution in [3.05, 3.63) is 58.9 Å². The van der Waals surface area contributed by atoms with Crippen LogP contribution in [0.15, 0.2) is 42.7 Å². The maximum atomic E-state index is 12.4. The van der Waals surface area contributed by atoms with Crippen LogP contribution in [0.2, 0.25) is 5.02 Å². The number of hydrogen-bond donors (Lipinski definition) is 1. The maximum Gasteiger partial charge on any atom is 0.251 e. The zero-order chi connectivity index (χ0) is 25.1. The number of benzene rings is 1. The first-order valence-corrected chi connectivity index (χ1v) is 14.1. The summed E-state index contributed by atoms with van der Waals surface area (Å²) in [5.74, 6) is 0.507. The number of aryl methyl sites for hydroxylation is 1. The van der Waals surface area contributed by atoms with E-state index in [-0.39, 0.29) is 5.91 Å². The molecular weight excluding hydrogens is 456 g/mol. The number of aromatic nitrogens is 1. The highest BCUT2D eigenvalue weighted by atomic mass is 35.5. The number of unbranched alkanes of at least 4 members (excludes halogenated alkanes) is 13. The largest absolute Gasteiger partial charge is 0.492 e. The normalized spacial score (nSPS) is 10.9. The molecule has 1 heterocycles. The van der Waals surface area contributed by atoms with Crippen LogP contribution >= 0.6 is 11.6 Å². The molecule has 35 heavy (non-hydrogen) atoms. The Balaban J connectivity index is 1.50. The SMILES string of the molecule is CCCCCCCCCCCCCCCCOc1ccc(C(=O)NCc2cc[n+](C)cc2)cc1Cl. The molecule has 2 aromatic rings. The lowest BCUT2D eigenvalue weighted by molar-refractivity contribution is -0.671. The molecule has 0 fully saturated rings. The van der Waals surface area contributed by atoms with Gasteiger partial charge in [0, 0.05) is 24.2 Å². The molecule has 0 saturated carbocycles. The number of ether oxygens (including phenoxy) is 1. The number of nitrogens with one attached hydrogen (secondary N) is 1. The Hall–Kier alpha value is -2.07. The van der Waals surface area contributed by atoms with Crippen molar-refractivity contribution < 1.29 is 14.1 Å². The van der Waals surface area contributed by atoms with Crippen LogP contribution in [0.3, 0.4) is 0 Å². The second-order valence-corrected chi connectivity index (χ2v) is 10.1. The average Bonchev–Trinajstić information content (AvgIpc) is 2.86. The third-order valence-electron chi connectivity index (χ3n) is 6.45. The van der Waals surface area contributed by atoms with Gasteiger partial charge in [-0.1, -0.05) is 102 Å². The lowest BCUT2D eigenvalue weighted by atomic mass is 10.0. The van der Waals surface area contributed by atoms with E-state index < -0.39 is 0 Å². The fourth-order valence-electron chi connectivity index (χ4n) is 4.17. The second kappa shape index (κ2) is 18.2. The van der Waals surface area contributed by atoms with Crippen LogP contribution in [-0.4, -0.2) is 12.5 Å². The number of pyridine rings is 1. The Bertz CT molecular complexity index is 839. The van der Waals surface area contributed by atoms with E-state index in [9.17, 15) is 4.79 Å². The number of amides is 1. The molecule has 0 aliphatic heterocycles. The van der Waals surface area contributed by atoms with E-state index in [0.29, 0.717) is 29.5 Å². The van der Waals surface area contributed by atoms with Crippen LogP contribution in [0.1, 0.15) is 113 Å². The highest BCUT2D eigenvalue weighted by molar-refractivity contribution is 6.32. The summed E-state index contributed by atoms with van der Waals surface area (Å²) in [4.78, 5) is 12.4. The molecule has 0 aliphatic rings. The zero-order valence-corrected chi connectivity index (χ0v) is 22.8. The van der Waals surface area contributed by atoms with Gasteiger partial charge in [0.05, 0.1) is 11.6 Å². The van der Waals surface area contributed by atoms with E-state index in [1.54, 1.807) is 18.2 Å². The summed E-state index contributed by atoms with van der Waals surface area (Å²) in [5.41, 5.74) is 1.59. The van der Waals surface area contributed by atoms with E-state index in [4.69, 9.17) is 16.3 Å². The summed E-state index contributed by atoms with van der Waals surface area (Å²) in [7, 11) is 1.97.